The van der Waals surface area contributed by atoms with Crippen molar-refractivity contribution < 1.29 is 23.9 Å². The Morgan fingerprint density at radius 3 is 2.59 bits per heavy atom. The Morgan fingerprint density at radius 1 is 1.24 bits per heavy atom. The normalized spacial score (nSPS) is 24.7. The second-order valence-electron chi connectivity index (χ2n) is 7.52. The van der Waals surface area contributed by atoms with Crippen LogP contribution in [-0.4, -0.2) is 59.7 Å². The van der Waals surface area contributed by atoms with Crippen LogP contribution in [0.5, 0.6) is 0 Å². The number of benzene rings is 1. The lowest BCUT2D eigenvalue weighted by atomic mass is 9.75. The van der Waals surface area contributed by atoms with Gasteiger partial charge in [-0.15, -0.1) is 0 Å². The van der Waals surface area contributed by atoms with Gasteiger partial charge in [0.05, 0.1) is 12.0 Å². The SMILES string of the molecule is CCOC(=O)[C@@H]1CCCCN1C(=O)C[C@]1(c2ccccc2Cl)CC(=O)N(C)C1=O. The Balaban J connectivity index is 1.95. The summed E-state index contributed by atoms with van der Waals surface area (Å²) in [6.07, 6.45) is 1.77. The number of amides is 3. The van der Waals surface area contributed by atoms with E-state index in [1.165, 1.54) is 11.9 Å². The smallest absolute Gasteiger partial charge is 0.328 e. The second-order valence-corrected chi connectivity index (χ2v) is 7.93. The minimum absolute atomic E-state index is 0.129. The number of halogens is 1. The number of nitrogens with zero attached hydrogens (tertiary/aromatic N) is 2. The first-order valence-corrected chi connectivity index (χ1v) is 10.2. The first-order chi connectivity index (χ1) is 13.8. The minimum atomic E-state index is -1.36. The summed E-state index contributed by atoms with van der Waals surface area (Å²) >= 11 is 6.36. The minimum Gasteiger partial charge on any atom is -0.464 e. The number of rotatable bonds is 5. The van der Waals surface area contributed by atoms with E-state index in [1.54, 1.807) is 31.2 Å². The Bertz CT molecular complexity index is 842. The van der Waals surface area contributed by atoms with Gasteiger partial charge in [-0.3, -0.25) is 19.3 Å². The summed E-state index contributed by atoms with van der Waals surface area (Å²) < 4.78 is 5.13. The Hall–Kier alpha value is -2.41. The van der Waals surface area contributed by atoms with Crippen molar-refractivity contribution in [3.63, 3.8) is 0 Å². The first-order valence-electron chi connectivity index (χ1n) is 9.84. The number of hydrogen-bond acceptors (Lipinski definition) is 5. The Morgan fingerprint density at radius 2 is 1.97 bits per heavy atom. The molecule has 29 heavy (non-hydrogen) atoms. The van der Waals surface area contributed by atoms with E-state index in [-0.39, 0.29) is 31.3 Å². The third kappa shape index (κ3) is 3.88. The highest BCUT2D eigenvalue weighted by molar-refractivity contribution is 6.32. The molecular weight excluding hydrogens is 396 g/mol. The maximum atomic E-state index is 13.3. The van der Waals surface area contributed by atoms with Crippen LogP contribution in [0.3, 0.4) is 0 Å². The van der Waals surface area contributed by atoms with Crippen molar-refractivity contribution in [2.45, 2.75) is 50.5 Å². The van der Waals surface area contributed by atoms with Gasteiger partial charge in [0.2, 0.25) is 17.7 Å². The first kappa shape index (κ1) is 21.3. The molecule has 2 aliphatic heterocycles. The fraction of sp³-hybridized carbons (Fsp3) is 0.524. The number of carbonyl (C=O) groups is 4. The van der Waals surface area contributed by atoms with Gasteiger partial charge in [-0.05, 0) is 37.8 Å². The van der Waals surface area contributed by atoms with Gasteiger partial charge in [0.1, 0.15) is 6.04 Å². The molecule has 2 fully saturated rings. The maximum Gasteiger partial charge on any atom is 0.328 e. The van der Waals surface area contributed by atoms with Gasteiger partial charge < -0.3 is 9.64 Å². The van der Waals surface area contributed by atoms with Crippen LogP contribution in [0.15, 0.2) is 24.3 Å². The molecule has 1 aromatic rings. The van der Waals surface area contributed by atoms with E-state index in [1.807, 2.05) is 0 Å². The van der Waals surface area contributed by atoms with E-state index in [4.69, 9.17) is 16.3 Å². The van der Waals surface area contributed by atoms with E-state index in [0.29, 0.717) is 23.6 Å². The molecule has 0 unspecified atom stereocenters. The summed E-state index contributed by atoms with van der Waals surface area (Å²) in [4.78, 5) is 53.7. The van der Waals surface area contributed by atoms with Crippen LogP contribution < -0.4 is 0 Å². The third-order valence-corrected chi connectivity index (χ3v) is 6.09. The zero-order valence-corrected chi connectivity index (χ0v) is 17.4. The van der Waals surface area contributed by atoms with Crippen LogP contribution in [0.2, 0.25) is 5.02 Å². The predicted molar refractivity (Wildman–Crippen MR) is 106 cm³/mol. The summed E-state index contributed by atoms with van der Waals surface area (Å²) in [6.45, 7) is 2.37. The van der Waals surface area contributed by atoms with E-state index in [0.717, 1.165) is 17.7 Å². The lowest BCUT2D eigenvalue weighted by molar-refractivity contribution is -0.157. The Kier molecular flexibility index (Phi) is 6.27. The maximum absolute atomic E-state index is 13.3. The summed E-state index contributed by atoms with van der Waals surface area (Å²) in [5, 5.41) is 0.331. The summed E-state index contributed by atoms with van der Waals surface area (Å²) in [7, 11) is 1.41. The highest BCUT2D eigenvalue weighted by atomic mass is 35.5. The molecule has 2 aliphatic rings. The molecule has 8 heteroatoms. The van der Waals surface area contributed by atoms with Gasteiger partial charge in [0, 0.05) is 31.5 Å². The number of likely N-dealkylation sites (N-methyl/N-ethyl adjacent to an activating group) is 1. The fourth-order valence-electron chi connectivity index (χ4n) is 4.25. The number of imide groups is 1. The average molecular weight is 421 g/mol. The molecule has 3 amide bonds. The van der Waals surface area contributed by atoms with E-state index in [9.17, 15) is 19.2 Å². The van der Waals surface area contributed by atoms with Crippen molar-refractivity contribution in [2.24, 2.45) is 0 Å². The lowest BCUT2D eigenvalue weighted by Gasteiger charge is -2.36. The van der Waals surface area contributed by atoms with E-state index in [2.05, 4.69) is 0 Å². The summed E-state index contributed by atoms with van der Waals surface area (Å²) in [5.41, 5.74) is -0.903. The molecule has 3 rings (SSSR count). The molecule has 0 aromatic heterocycles. The highest BCUT2D eigenvalue weighted by Gasteiger charge is 2.54. The fourth-order valence-corrected chi connectivity index (χ4v) is 4.57. The van der Waals surface area contributed by atoms with E-state index < -0.39 is 23.3 Å². The number of carbonyl (C=O) groups excluding carboxylic acids is 4. The van der Waals surface area contributed by atoms with Crippen LogP contribution in [0.25, 0.3) is 0 Å². The molecule has 2 saturated heterocycles. The molecule has 0 spiro atoms. The number of esters is 1. The number of hydrogen-bond donors (Lipinski definition) is 0. The van der Waals surface area contributed by atoms with Gasteiger partial charge in [0.15, 0.2) is 0 Å². The van der Waals surface area contributed by atoms with Gasteiger partial charge in [-0.25, -0.2) is 4.79 Å². The van der Waals surface area contributed by atoms with Crippen molar-refractivity contribution in [2.75, 3.05) is 20.2 Å². The van der Waals surface area contributed by atoms with Gasteiger partial charge >= 0.3 is 5.97 Å². The molecule has 156 valence electrons. The highest BCUT2D eigenvalue weighted by Crippen LogP contribution is 2.43. The predicted octanol–water partition coefficient (Wildman–Crippen LogP) is 2.30. The molecule has 0 N–H and O–H groups in total. The van der Waals surface area contributed by atoms with Crippen LogP contribution >= 0.6 is 11.6 Å². The van der Waals surface area contributed by atoms with Crippen molar-refractivity contribution in [1.29, 1.82) is 0 Å². The third-order valence-electron chi connectivity index (χ3n) is 5.77. The van der Waals surface area contributed by atoms with Crippen molar-refractivity contribution in [3.05, 3.63) is 34.9 Å². The average Bonchev–Trinajstić information content (AvgIpc) is 2.92. The van der Waals surface area contributed by atoms with Crippen LogP contribution in [0, 0.1) is 0 Å². The molecule has 0 radical (unpaired) electrons. The van der Waals surface area contributed by atoms with Crippen LogP contribution in [0.1, 0.15) is 44.6 Å². The molecule has 2 atom stereocenters. The number of ether oxygens (including phenoxy) is 1. The van der Waals surface area contributed by atoms with Crippen molar-refractivity contribution >= 4 is 35.3 Å². The monoisotopic (exact) mass is 420 g/mol. The molecule has 2 heterocycles. The second kappa shape index (κ2) is 8.53. The largest absolute Gasteiger partial charge is 0.464 e. The van der Waals surface area contributed by atoms with E-state index >= 15 is 0 Å². The van der Waals surface area contributed by atoms with Crippen molar-refractivity contribution in [1.82, 2.24) is 9.80 Å². The van der Waals surface area contributed by atoms with Gasteiger partial charge in [-0.1, -0.05) is 29.8 Å². The van der Waals surface area contributed by atoms with Crippen LogP contribution in [-0.2, 0) is 29.3 Å². The molecule has 0 bridgehead atoms. The van der Waals surface area contributed by atoms with Gasteiger partial charge in [0.25, 0.3) is 0 Å². The molecular formula is C21H25ClN2O5. The van der Waals surface area contributed by atoms with Crippen molar-refractivity contribution in [3.8, 4) is 0 Å². The number of likely N-dealkylation sites (tertiary alicyclic amines) is 2. The zero-order chi connectivity index (χ0) is 21.2. The number of piperidine rings is 1. The quantitative estimate of drug-likeness (QED) is 0.539. The van der Waals surface area contributed by atoms with Gasteiger partial charge in [-0.2, -0.15) is 0 Å². The topological polar surface area (TPSA) is 84.0 Å². The Labute approximate surface area is 174 Å². The molecule has 1 aromatic carbocycles. The summed E-state index contributed by atoms with van der Waals surface area (Å²) in [5.74, 6) is -1.59. The molecule has 7 nitrogen and oxygen atoms in total. The standard InChI is InChI=1S/C21H25ClN2O5/c1-3-29-19(27)16-10-6-7-11-24(16)18(26)13-21(12-17(25)23(2)20(21)28)14-8-4-5-9-15(14)22/h4-5,8-9,16H,3,6-7,10-13H2,1-2H3/t16-,21-/m0/s1. The summed E-state index contributed by atoms with van der Waals surface area (Å²) in [6, 6.07) is 6.12. The zero-order valence-electron chi connectivity index (χ0n) is 16.7. The lowest BCUT2D eigenvalue weighted by Crippen LogP contribution is -2.51. The van der Waals surface area contributed by atoms with Crippen LogP contribution in [0.4, 0.5) is 0 Å². The molecule has 0 saturated carbocycles. The molecule has 0 aliphatic carbocycles.